The van der Waals surface area contributed by atoms with Crippen LogP contribution in [0.2, 0.25) is 10.0 Å². The second kappa shape index (κ2) is 8.75. The summed E-state index contributed by atoms with van der Waals surface area (Å²) >= 11 is 11.9. The first-order chi connectivity index (χ1) is 12.2. The highest BCUT2D eigenvalue weighted by Gasteiger charge is 2.33. The fourth-order valence-corrected chi connectivity index (χ4v) is 2.83. The highest BCUT2D eigenvalue weighted by atomic mass is 35.5. The summed E-state index contributed by atoms with van der Waals surface area (Å²) in [5.41, 5.74) is -0.217. The molecule has 0 saturated heterocycles. The van der Waals surface area contributed by atoms with E-state index in [0.29, 0.717) is 23.1 Å². The van der Waals surface area contributed by atoms with Crippen LogP contribution in [0.1, 0.15) is 18.1 Å². The van der Waals surface area contributed by atoms with Gasteiger partial charge in [0.15, 0.2) is 6.54 Å². The summed E-state index contributed by atoms with van der Waals surface area (Å²) < 4.78 is 39.0. The Morgan fingerprint density at radius 3 is 2.42 bits per heavy atom. The third-order valence-electron chi connectivity index (χ3n) is 3.86. The fourth-order valence-electron chi connectivity index (χ4n) is 2.51. The van der Waals surface area contributed by atoms with E-state index in [2.05, 4.69) is 5.32 Å². The number of halogens is 5. The number of benzene rings is 2. The Hall–Kier alpha value is -1.76. The zero-order valence-electron chi connectivity index (χ0n) is 14.0. The molecule has 2 aromatic rings. The molecule has 2 aromatic carbocycles. The van der Waals surface area contributed by atoms with E-state index in [1.165, 1.54) is 18.2 Å². The molecule has 1 amide bonds. The van der Waals surface area contributed by atoms with E-state index in [0.717, 1.165) is 16.5 Å². The van der Waals surface area contributed by atoms with Crippen molar-refractivity contribution in [3.8, 4) is 0 Å². The molecule has 1 unspecified atom stereocenters. The van der Waals surface area contributed by atoms with Crippen molar-refractivity contribution in [2.24, 2.45) is 0 Å². The Labute approximate surface area is 159 Å². The van der Waals surface area contributed by atoms with Crippen LogP contribution in [0.3, 0.4) is 0 Å². The molecule has 0 spiro atoms. The maximum atomic E-state index is 13.0. The van der Waals surface area contributed by atoms with Gasteiger partial charge in [-0.1, -0.05) is 41.4 Å². The number of anilines is 1. The van der Waals surface area contributed by atoms with Crippen LogP contribution >= 0.6 is 23.2 Å². The van der Waals surface area contributed by atoms with E-state index in [1.807, 2.05) is 6.92 Å². The molecule has 0 bridgehead atoms. The lowest BCUT2D eigenvalue weighted by Gasteiger charge is -2.19. The number of likely N-dealkylation sites (N-methyl/N-ethyl adjacent to an activating group) is 1. The van der Waals surface area contributed by atoms with Gasteiger partial charge in [-0.3, -0.25) is 4.79 Å². The Balaban J connectivity index is 2.05. The minimum atomic E-state index is -4.53. The van der Waals surface area contributed by atoms with E-state index < -0.39 is 17.6 Å². The number of nitrogens with one attached hydrogen (secondary N) is 2. The predicted octanol–water partition coefficient (Wildman–Crippen LogP) is 4.06. The molecule has 0 heterocycles. The number of para-hydroxylation sites is 1. The van der Waals surface area contributed by atoms with Gasteiger partial charge in [0.2, 0.25) is 0 Å². The average molecular weight is 406 g/mol. The minimum Gasteiger partial charge on any atom is -0.324 e. The number of carbonyl (C=O) groups is 1. The van der Waals surface area contributed by atoms with Gasteiger partial charge >= 0.3 is 6.18 Å². The summed E-state index contributed by atoms with van der Waals surface area (Å²) in [5.74, 6) is -0.487. The molecule has 8 heteroatoms. The second-order valence-electron chi connectivity index (χ2n) is 5.80. The molecule has 0 aromatic heterocycles. The van der Waals surface area contributed by atoms with Crippen LogP contribution in [0.25, 0.3) is 0 Å². The van der Waals surface area contributed by atoms with E-state index in [1.54, 1.807) is 18.2 Å². The Bertz CT molecular complexity index is 781. The predicted molar refractivity (Wildman–Crippen MR) is 96.6 cm³/mol. The van der Waals surface area contributed by atoms with Crippen LogP contribution in [-0.2, 0) is 17.5 Å². The Kier molecular flexibility index (Phi) is 6.92. The molecule has 0 fully saturated rings. The van der Waals surface area contributed by atoms with Crippen molar-refractivity contribution in [1.29, 1.82) is 0 Å². The highest BCUT2D eigenvalue weighted by molar-refractivity contribution is 6.42. The topological polar surface area (TPSA) is 33.5 Å². The zero-order chi connectivity index (χ0) is 19.3. The number of alkyl halides is 3. The summed E-state index contributed by atoms with van der Waals surface area (Å²) in [7, 11) is 0. The zero-order valence-corrected chi connectivity index (χ0v) is 15.5. The summed E-state index contributed by atoms with van der Waals surface area (Å²) in [6, 6.07) is 10.1. The molecular formula is C18H18Cl2F3N2O+. The monoisotopic (exact) mass is 405 g/mol. The molecule has 0 aliphatic heterocycles. The molecule has 3 nitrogen and oxygen atoms in total. The van der Waals surface area contributed by atoms with Crippen molar-refractivity contribution < 1.29 is 22.9 Å². The quantitative estimate of drug-likeness (QED) is 0.746. The molecule has 140 valence electrons. The van der Waals surface area contributed by atoms with Crippen molar-refractivity contribution in [2.45, 2.75) is 19.6 Å². The van der Waals surface area contributed by atoms with Gasteiger partial charge in [-0.2, -0.15) is 13.2 Å². The number of rotatable bonds is 6. The van der Waals surface area contributed by atoms with Gasteiger partial charge in [-0.25, -0.2) is 0 Å². The fraction of sp³-hybridized carbons (Fsp3) is 0.278. The van der Waals surface area contributed by atoms with Crippen molar-refractivity contribution in [3.63, 3.8) is 0 Å². The Morgan fingerprint density at radius 2 is 1.81 bits per heavy atom. The highest BCUT2D eigenvalue weighted by Crippen LogP contribution is 2.34. The lowest BCUT2D eigenvalue weighted by molar-refractivity contribution is -0.903. The third-order valence-corrected chi connectivity index (χ3v) is 4.59. The minimum absolute atomic E-state index is 0.0307. The summed E-state index contributed by atoms with van der Waals surface area (Å²) in [5, 5.41) is 3.22. The van der Waals surface area contributed by atoms with Crippen LogP contribution in [0, 0.1) is 0 Å². The normalized spacial score (nSPS) is 12.7. The second-order valence-corrected chi connectivity index (χ2v) is 6.61. The van der Waals surface area contributed by atoms with E-state index in [4.69, 9.17) is 23.2 Å². The lowest BCUT2D eigenvalue weighted by Crippen LogP contribution is -3.11. The number of hydrogen-bond donors (Lipinski definition) is 2. The number of hydrogen-bond acceptors (Lipinski definition) is 1. The SMILES string of the molecule is CC[NH+](CC(=O)Nc1ccccc1C(F)(F)F)Cc1ccc(Cl)c(Cl)c1. The van der Waals surface area contributed by atoms with Crippen LogP contribution in [0.15, 0.2) is 42.5 Å². The van der Waals surface area contributed by atoms with Crippen LogP contribution < -0.4 is 10.2 Å². The molecular weight excluding hydrogens is 388 g/mol. The van der Waals surface area contributed by atoms with Gasteiger partial charge in [-0.15, -0.1) is 0 Å². The maximum Gasteiger partial charge on any atom is 0.418 e. The van der Waals surface area contributed by atoms with Gasteiger partial charge in [0, 0.05) is 5.56 Å². The molecule has 0 radical (unpaired) electrons. The van der Waals surface area contributed by atoms with Crippen molar-refractivity contribution in [2.75, 3.05) is 18.4 Å². The van der Waals surface area contributed by atoms with Gasteiger partial charge < -0.3 is 10.2 Å². The molecule has 0 aliphatic rings. The molecule has 2 rings (SSSR count). The van der Waals surface area contributed by atoms with Crippen LogP contribution in [0.4, 0.5) is 18.9 Å². The molecule has 2 N–H and O–H groups in total. The van der Waals surface area contributed by atoms with Crippen molar-refractivity contribution >= 4 is 34.8 Å². The number of amides is 1. The van der Waals surface area contributed by atoms with Crippen LogP contribution in [-0.4, -0.2) is 19.0 Å². The molecule has 26 heavy (non-hydrogen) atoms. The summed E-state index contributed by atoms with van der Waals surface area (Å²) in [6.07, 6.45) is -4.53. The third kappa shape index (κ3) is 5.62. The standard InChI is InChI=1S/C18H17Cl2F3N2O/c1-2-25(10-12-7-8-14(19)15(20)9-12)11-17(26)24-16-6-4-3-5-13(16)18(21,22)23/h3-9H,2,10-11H2,1H3,(H,24,26)/p+1. The first kappa shape index (κ1) is 20.6. The van der Waals surface area contributed by atoms with Gasteiger partial charge in [0.05, 0.1) is 27.8 Å². The summed E-state index contributed by atoms with van der Waals surface area (Å²) in [4.78, 5) is 13.1. The number of quaternary nitrogens is 1. The summed E-state index contributed by atoms with van der Waals surface area (Å²) in [6.45, 7) is 3.04. The lowest BCUT2D eigenvalue weighted by atomic mass is 10.1. The van der Waals surface area contributed by atoms with Crippen LogP contribution in [0.5, 0.6) is 0 Å². The van der Waals surface area contributed by atoms with Gasteiger partial charge in [0.1, 0.15) is 6.54 Å². The first-order valence-electron chi connectivity index (χ1n) is 7.94. The smallest absolute Gasteiger partial charge is 0.324 e. The van der Waals surface area contributed by atoms with Crippen molar-refractivity contribution in [1.82, 2.24) is 0 Å². The van der Waals surface area contributed by atoms with E-state index in [-0.39, 0.29) is 12.2 Å². The maximum absolute atomic E-state index is 13.0. The Morgan fingerprint density at radius 1 is 1.12 bits per heavy atom. The first-order valence-corrected chi connectivity index (χ1v) is 8.70. The van der Waals surface area contributed by atoms with Gasteiger partial charge in [-0.05, 0) is 31.2 Å². The molecule has 1 atom stereocenters. The molecule has 0 saturated carbocycles. The van der Waals surface area contributed by atoms with E-state index >= 15 is 0 Å². The molecule has 0 aliphatic carbocycles. The average Bonchev–Trinajstić information content (AvgIpc) is 2.57. The number of carbonyl (C=O) groups excluding carboxylic acids is 1. The van der Waals surface area contributed by atoms with E-state index in [9.17, 15) is 18.0 Å². The van der Waals surface area contributed by atoms with Gasteiger partial charge in [0.25, 0.3) is 5.91 Å². The van der Waals surface area contributed by atoms with Crippen molar-refractivity contribution in [3.05, 3.63) is 63.6 Å². The largest absolute Gasteiger partial charge is 0.418 e.